The molecule has 1 N–H and O–H groups in total. The van der Waals surface area contributed by atoms with E-state index in [0.717, 1.165) is 24.2 Å². The van der Waals surface area contributed by atoms with E-state index < -0.39 is 6.10 Å². The fraction of sp³-hybridized carbons (Fsp3) is 0.353. The number of aromatic nitrogens is 1. The summed E-state index contributed by atoms with van der Waals surface area (Å²) < 4.78 is 0. The molecule has 1 heterocycles. The van der Waals surface area contributed by atoms with E-state index in [4.69, 9.17) is 11.6 Å². The number of pyridine rings is 1. The molecule has 1 aromatic heterocycles. The Balaban J connectivity index is 1.98. The number of nitrogens with zero attached hydrogens (tertiary/aromatic N) is 2. The number of halogens is 1. The van der Waals surface area contributed by atoms with Crippen molar-refractivity contribution in [1.82, 2.24) is 9.88 Å². The first-order valence-electron chi connectivity index (χ1n) is 7.16. The third-order valence-corrected chi connectivity index (χ3v) is 3.76. The highest BCUT2D eigenvalue weighted by molar-refractivity contribution is 6.29. The van der Waals surface area contributed by atoms with E-state index >= 15 is 0 Å². The van der Waals surface area contributed by atoms with Crippen molar-refractivity contribution in [3.8, 4) is 0 Å². The zero-order chi connectivity index (χ0) is 15.2. The maximum absolute atomic E-state index is 10.4. The van der Waals surface area contributed by atoms with Gasteiger partial charge in [-0.2, -0.15) is 0 Å². The Morgan fingerprint density at radius 2 is 1.90 bits per heavy atom. The van der Waals surface area contributed by atoms with E-state index in [0.29, 0.717) is 11.7 Å². The zero-order valence-corrected chi connectivity index (χ0v) is 13.2. The number of aryl methyl sites for hydroxylation is 1. The number of hydrogen-bond acceptors (Lipinski definition) is 3. The highest BCUT2D eigenvalue weighted by Crippen LogP contribution is 2.16. The Hall–Kier alpha value is -1.42. The van der Waals surface area contributed by atoms with Crippen molar-refractivity contribution in [1.29, 1.82) is 0 Å². The van der Waals surface area contributed by atoms with E-state index in [2.05, 4.69) is 16.8 Å². The first-order chi connectivity index (χ1) is 10.1. The number of hydrogen-bond donors (Lipinski definition) is 1. The first kappa shape index (κ1) is 16.0. The highest BCUT2D eigenvalue weighted by Gasteiger charge is 2.13. The molecular weight excluding hydrogens is 284 g/mol. The quantitative estimate of drug-likeness (QED) is 0.828. The third kappa shape index (κ3) is 4.81. The second-order valence-electron chi connectivity index (χ2n) is 5.24. The minimum Gasteiger partial charge on any atom is -0.387 e. The molecule has 0 fully saturated rings. The molecule has 0 aliphatic carbocycles. The van der Waals surface area contributed by atoms with E-state index in [1.165, 1.54) is 5.56 Å². The predicted octanol–water partition coefficient (Wildman–Crippen LogP) is 3.60. The van der Waals surface area contributed by atoms with Crippen molar-refractivity contribution >= 4 is 11.6 Å². The van der Waals surface area contributed by atoms with Crippen LogP contribution >= 0.6 is 11.6 Å². The summed E-state index contributed by atoms with van der Waals surface area (Å²) in [4.78, 5) is 6.28. The van der Waals surface area contributed by atoms with E-state index in [1.54, 1.807) is 12.3 Å². The lowest BCUT2D eigenvalue weighted by Gasteiger charge is -2.24. The molecule has 1 unspecified atom stereocenters. The van der Waals surface area contributed by atoms with Gasteiger partial charge in [-0.15, -0.1) is 0 Å². The van der Waals surface area contributed by atoms with Crippen molar-refractivity contribution in [3.05, 3.63) is 64.4 Å². The van der Waals surface area contributed by atoms with Gasteiger partial charge in [0.05, 0.1) is 6.10 Å². The summed E-state index contributed by atoms with van der Waals surface area (Å²) in [6, 6.07) is 11.8. The summed E-state index contributed by atoms with van der Waals surface area (Å²) in [6.07, 6.45) is 1.30. The van der Waals surface area contributed by atoms with E-state index in [1.807, 2.05) is 37.3 Å². The van der Waals surface area contributed by atoms with Gasteiger partial charge in [-0.25, -0.2) is 4.98 Å². The Morgan fingerprint density at radius 3 is 2.48 bits per heavy atom. The van der Waals surface area contributed by atoms with Gasteiger partial charge in [-0.3, -0.25) is 4.90 Å². The van der Waals surface area contributed by atoms with Gasteiger partial charge in [0, 0.05) is 19.3 Å². The van der Waals surface area contributed by atoms with Crippen LogP contribution in [0.1, 0.15) is 29.7 Å². The summed E-state index contributed by atoms with van der Waals surface area (Å²) in [7, 11) is 0. The maximum atomic E-state index is 10.4. The van der Waals surface area contributed by atoms with Crippen LogP contribution in [0.4, 0.5) is 0 Å². The summed E-state index contributed by atoms with van der Waals surface area (Å²) in [5, 5.41) is 10.9. The van der Waals surface area contributed by atoms with E-state index in [-0.39, 0.29) is 0 Å². The fourth-order valence-corrected chi connectivity index (χ4v) is 2.31. The van der Waals surface area contributed by atoms with Crippen molar-refractivity contribution in [2.24, 2.45) is 0 Å². The SMILES string of the molecule is CCN(Cc1ccc(Cl)nc1)CC(O)c1ccc(C)cc1. The van der Waals surface area contributed by atoms with Crippen molar-refractivity contribution in [2.75, 3.05) is 13.1 Å². The van der Waals surface area contributed by atoms with Crippen LogP contribution in [-0.4, -0.2) is 28.1 Å². The van der Waals surface area contributed by atoms with Crippen molar-refractivity contribution in [2.45, 2.75) is 26.5 Å². The summed E-state index contributed by atoms with van der Waals surface area (Å²) in [5.74, 6) is 0. The minimum absolute atomic E-state index is 0.481. The Bertz CT molecular complexity index is 554. The summed E-state index contributed by atoms with van der Waals surface area (Å²) >= 11 is 5.79. The average Bonchev–Trinajstić information content (AvgIpc) is 2.49. The van der Waals surface area contributed by atoms with E-state index in [9.17, 15) is 5.11 Å². The lowest BCUT2D eigenvalue weighted by Crippen LogP contribution is -2.28. The third-order valence-electron chi connectivity index (χ3n) is 3.54. The molecule has 2 rings (SSSR count). The Labute approximate surface area is 131 Å². The van der Waals surface area contributed by atoms with Gasteiger partial charge < -0.3 is 5.11 Å². The molecule has 4 heteroatoms. The molecular formula is C17H21ClN2O. The normalized spacial score (nSPS) is 12.6. The molecule has 0 bridgehead atoms. The summed E-state index contributed by atoms with van der Waals surface area (Å²) in [6.45, 7) is 6.35. The zero-order valence-electron chi connectivity index (χ0n) is 12.5. The minimum atomic E-state index is -0.481. The second-order valence-corrected chi connectivity index (χ2v) is 5.63. The maximum Gasteiger partial charge on any atom is 0.129 e. The molecule has 2 aromatic rings. The number of likely N-dealkylation sites (N-methyl/N-ethyl adjacent to an activating group) is 1. The molecule has 0 amide bonds. The van der Waals surface area contributed by atoms with Crippen LogP contribution in [0.15, 0.2) is 42.6 Å². The number of aliphatic hydroxyl groups is 1. The monoisotopic (exact) mass is 304 g/mol. The number of rotatable bonds is 6. The molecule has 21 heavy (non-hydrogen) atoms. The largest absolute Gasteiger partial charge is 0.387 e. The van der Waals surface area contributed by atoms with Gasteiger partial charge in [-0.05, 0) is 30.7 Å². The Kier molecular flexibility index (Phi) is 5.74. The molecule has 0 saturated heterocycles. The van der Waals surface area contributed by atoms with Crippen LogP contribution in [0.2, 0.25) is 5.15 Å². The predicted molar refractivity (Wildman–Crippen MR) is 86.3 cm³/mol. The molecule has 0 aliphatic rings. The first-order valence-corrected chi connectivity index (χ1v) is 7.53. The Morgan fingerprint density at radius 1 is 1.19 bits per heavy atom. The topological polar surface area (TPSA) is 36.4 Å². The number of aliphatic hydroxyl groups excluding tert-OH is 1. The van der Waals surface area contributed by atoms with Gasteiger partial charge in [0.1, 0.15) is 5.15 Å². The highest BCUT2D eigenvalue weighted by atomic mass is 35.5. The van der Waals surface area contributed by atoms with Crippen molar-refractivity contribution in [3.63, 3.8) is 0 Å². The molecule has 0 saturated carbocycles. The van der Waals surface area contributed by atoms with Crippen LogP contribution in [0, 0.1) is 6.92 Å². The van der Waals surface area contributed by atoms with Crippen LogP contribution in [0.5, 0.6) is 0 Å². The lowest BCUT2D eigenvalue weighted by atomic mass is 10.1. The molecule has 0 radical (unpaired) electrons. The second kappa shape index (κ2) is 7.55. The number of benzene rings is 1. The van der Waals surface area contributed by atoms with Crippen LogP contribution in [-0.2, 0) is 6.54 Å². The van der Waals surface area contributed by atoms with Gasteiger partial charge in [0.15, 0.2) is 0 Å². The molecule has 112 valence electrons. The smallest absolute Gasteiger partial charge is 0.129 e. The average molecular weight is 305 g/mol. The molecule has 0 spiro atoms. The van der Waals surface area contributed by atoms with Gasteiger partial charge in [0.2, 0.25) is 0 Å². The standard InChI is InChI=1S/C17H21ClN2O/c1-3-20(11-14-6-9-17(18)19-10-14)12-16(21)15-7-4-13(2)5-8-15/h4-10,16,21H,3,11-12H2,1-2H3. The molecule has 0 aliphatic heterocycles. The van der Waals surface area contributed by atoms with Crippen molar-refractivity contribution < 1.29 is 5.11 Å². The van der Waals surface area contributed by atoms with Crippen LogP contribution < -0.4 is 0 Å². The van der Waals surface area contributed by atoms with Crippen LogP contribution in [0.25, 0.3) is 0 Å². The van der Waals surface area contributed by atoms with Gasteiger partial charge in [-0.1, -0.05) is 54.4 Å². The van der Waals surface area contributed by atoms with Gasteiger partial charge in [0.25, 0.3) is 0 Å². The lowest BCUT2D eigenvalue weighted by molar-refractivity contribution is 0.112. The van der Waals surface area contributed by atoms with Gasteiger partial charge >= 0.3 is 0 Å². The molecule has 1 aromatic carbocycles. The summed E-state index contributed by atoms with van der Waals surface area (Å²) in [5.41, 5.74) is 3.25. The molecule has 1 atom stereocenters. The van der Waals surface area contributed by atoms with Crippen LogP contribution in [0.3, 0.4) is 0 Å². The fourth-order valence-electron chi connectivity index (χ4n) is 2.20. The molecule has 3 nitrogen and oxygen atoms in total.